The summed E-state index contributed by atoms with van der Waals surface area (Å²) in [6, 6.07) is 7.85. The standard InChI is InChI=1S/C14H17NO2/c1-3-10(2)15-14(16)13-9-8-11-6-4-5-7-12(11)17-13/h4-7,13H,2-3,8-9H2,1H3,(H,15,16). The molecule has 1 aromatic carbocycles. The highest BCUT2D eigenvalue weighted by Crippen LogP contribution is 2.27. The van der Waals surface area contributed by atoms with Gasteiger partial charge >= 0.3 is 0 Å². The molecule has 1 unspecified atom stereocenters. The maximum atomic E-state index is 11.9. The number of allylic oxidation sites excluding steroid dienone is 1. The number of amides is 1. The molecule has 17 heavy (non-hydrogen) atoms. The minimum absolute atomic E-state index is 0.0913. The summed E-state index contributed by atoms with van der Waals surface area (Å²) in [6.07, 6.45) is 1.95. The van der Waals surface area contributed by atoms with Gasteiger partial charge in [0.25, 0.3) is 5.91 Å². The average molecular weight is 231 g/mol. The number of nitrogens with one attached hydrogen (secondary N) is 1. The maximum absolute atomic E-state index is 11.9. The maximum Gasteiger partial charge on any atom is 0.265 e. The smallest absolute Gasteiger partial charge is 0.265 e. The van der Waals surface area contributed by atoms with Gasteiger partial charge in [-0.05, 0) is 30.9 Å². The van der Waals surface area contributed by atoms with Crippen LogP contribution in [0.3, 0.4) is 0 Å². The number of fused-ring (bicyclic) bond motifs is 1. The van der Waals surface area contributed by atoms with Crippen LogP contribution in [-0.2, 0) is 11.2 Å². The van der Waals surface area contributed by atoms with Crippen molar-refractivity contribution in [1.29, 1.82) is 0 Å². The molecular formula is C14H17NO2. The Morgan fingerprint density at radius 2 is 2.29 bits per heavy atom. The topological polar surface area (TPSA) is 38.3 Å². The number of carbonyl (C=O) groups is 1. The number of ether oxygens (including phenoxy) is 1. The summed E-state index contributed by atoms with van der Waals surface area (Å²) in [6.45, 7) is 5.72. The van der Waals surface area contributed by atoms with E-state index in [1.54, 1.807) is 0 Å². The molecule has 0 bridgehead atoms. The van der Waals surface area contributed by atoms with Gasteiger partial charge in [-0.15, -0.1) is 0 Å². The summed E-state index contributed by atoms with van der Waals surface area (Å²) in [5, 5.41) is 2.77. The molecule has 1 atom stereocenters. The molecule has 3 nitrogen and oxygen atoms in total. The van der Waals surface area contributed by atoms with Crippen LogP contribution in [0.5, 0.6) is 5.75 Å². The van der Waals surface area contributed by atoms with E-state index in [1.807, 2.05) is 31.2 Å². The van der Waals surface area contributed by atoms with Crippen molar-refractivity contribution in [1.82, 2.24) is 5.32 Å². The molecule has 2 rings (SSSR count). The summed E-state index contributed by atoms with van der Waals surface area (Å²) < 4.78 is 5.69. The molecule has 1 N–H and O–H groups in total. The van der Waals surface area contributed by atoms with Gasteiger partial charge in [-0.25, -0.2) is 0 Å². The summed E-state index contributed by atoms with van der Waals surface area (Å²) in [5.41, 5.74) is 1.91. The SMILES string of the molecule is C=C(CC)NC(=O)C1CCc2ccccc2O1. The lowest BCUT2D eigenvalue weighted by Crippen LogP contribution is -2.39. The highest BCUT2D eigenvalue weighted by molar-refractivity contribution is 5.83. The van der Waals surface area contributed by atoms with Gasteiger partial charge in [0, 0.05) is 5.70 Å². The average Bonchev–Trinajstić information content (AvgIpc) is 2.38. The lowest BCUT2D eigenvalue weighted by Gasteiger charge is -2.25. The van der Waals surface area contributed by atoms with Crippen molar-refractivity contribution in [2.75, 3.05) is 0 Å². The molecule has 1 heterocycles. The molecule has 0 saturated heterocycles. The zero-order valence-electron chi connectivity index (χ0n) is 10.0. The largest absolute Gasteiger partial charge is 0.480 e. The van der Waals surface area contributed by atoms with E-state index in [4.69, 9.17) is 4.74 Å². The Kier molecular flexibility index (Phi) is 3.47. The molecule has 1 aliphatic rings. The normalized spacial score (nSPS) is 17.8. The Morgan fingerprint density at radius 3 is 3.06 bits per heavy atom. The number of para-hydroxylation sites is 1. The van der Waals surface area contributed by atoms with E-state index in [1.165, 1.54) is 5.56 Å². The van der Waals surface area contributed by atoms with Crippen LogP contribution in [0.2, 0.25) is 0 Å². The van der Waals surface area contributed by atoms with Gasteiger partial charge in [0.1, 0.15) is 5.75 Å². The van der Waals surface area contributed by atoms with Crippen LogP contribution in [0, 0.1) is 0 Å². The highest BCUT2D eigenvalue weighted by atomic mass is 16.5. The minimum atomic E-state index is -0.395. The number of hydrogen-bond acceptors (Lipinski definition) is 2. The molecule has 3 heteroatoms. The molecule has 1 aromatic rings. The molecule has 0 fully saturated rings. The van der Waals surface area contributed by atoms with Gasteiger partial charge in [-0.2, -0.15) is 0 Å². The number of benzene rings is 1. The van der Waals surface area contributed by atoms with Crippen molar-refractivity contribution < 1.29 is 9.53 Å². The minimum Gasteiger partial charge on any atom is -0.480 e. The van der Waals surface area contributed by atoms with Gasteiger partial charge in [-0.1, -0.05) is 31.7 Å². The second-order valence-electron chi connectivity index (χ2n) is 4.20. The quantitative estimate of drug-likeness (QED) is 0.867. The van der Waals surface area contributed by atoms with Crippen LogP contribution >= 0.6 is 0 Å². The fourth-order valence-corrected chi connectivity index (χ4v) is 1.85. The number of aryl methyl sites for hydroxylation is 1. The molecular weight excluding hydrogens is 214 g/mol. The summed E-state index contributed by atoms with van der Waals surface area (Å²) >= 11 is 0. The van der Waals surface area contributed by atoms with Crippen molar-refractivity contribution in [2.45, 2.75) is 32.3 Å². The molecule has 0 radical (unpaired) electrons. The third-order valence-electron chi connectivity index (χ3n) is 2.94. The van der Waals surface area contributed by atoms with Gasteiger partial charge in [0.15, 0.2) is 6.10 Å². The van der Waals surface area contributed by atoms with Gasteiger partial charge in [0.05, 0.1) is 0 Å². The van der Waals surface area contributed by atoms with Crippen LogP contribution in [0.1, 0.15) is 25.3 Å². The number of carbonyl (C=O) groups excluding carboxylic acids is 1. The zero-order valence-corrected chi connectivity index (χ0v) is 10.0. The second-order valence-corrected chi connectivity index (χ2v) is 4.20. The fourth-order valence-electron chi connectivity index (χ4n) is 1.85. The van der Waals surface area contributed by atoms with Crippen molar-refractivity contribution in [3.63, 3.8) is 0 Å². The summed E-state index contributed by atoms with van der Waals surface area (Å²) in [7, 11) is 0. The molecule has 1 amide bonds. The molecule has 90 valence electrons. The Labute approximate surface area is 101 Å². The lowest BCUT2D eigenvalue weighted by atomic mass is 10.0. The van der Waals surface area contributed by atoms with Gasteiger partial charge in [-0.3, -0.25) is 4.79 Å². The molecule has 0 aromatic heterocycles. The van der Waals surface area contributed by atoms with Crippen LogP contribution in [0.4, 0.5) is 0 Å². The van der Waals surface area contributed by atoms with Crippen LogP contribution in [0.15, 0.2) is 36.5 Å². The number of hydrogen-bond donors (Lipinski definition) is 1. The van der Waals surface area contributed by atoms with Crippen molar-refractivity contribution in [3.05, 3.63) is 42.1 Å². The van der Waals surface area contributed by atoms with E-state index in [0.717, 1.165) is 30.7 Å². The van der Waals surface area contributed by atoms with E-state index in [9.17, 15) is 4.79 Å². The van der Waals surface area contributed by atoms with Gasteiger partial charge in [0.2, 0.25) is 0 Å². The fraction of sp³-hybridized carbons (Fsp3) is 0.357. The molecule has 0 spiro atoms. The molecule has 1 aliphatic heterocycles. The first kappa shape index (κ1) is 11.7. The number of rotatable bonds is 3. The van der Waals surface area contributed by atoms with Crippen molar-refractivity contribution >= 4 is 5.91 Å². The van der Waals surface area contributed by atoms with E-state index in [2.05, 4.69) is 11.9 Å². The first-order chi connectivity index (χ1) is 8.20. The third kappa shape index (κ3) is 2.67. The Bertz CT molecular complexity index is 440. The molecule has 0 saturated carbocycles. The first-order valence-electron chi connectivity index (χ1n) is 5.94. The van der Waals surface area contributed by atoms with E-state index < -0.39 is 6.10 Å². The summed E-state index contributed by atoms with van der Waals surface area (Å²) in [4.78, 5) is 11.9. The highest BCUT2D eigenvalue weighted by Gasteiger charge is 2.25. The molecule has 0 aliphatic carbocycles. The van der Waals surface area contributed by atoms with Crippen molar-refractivity contribution in [2.24, 2.45) is 0 Å². The van der Waals surface area contributed by atoms with Crippen LogP contribution in [0.25, 0.3) is 0 Å². The van der Waals surface area contributed by atoms with Gasteiger partial charge < -0.3 is 10.1 Å². The van der Waals surface area contributed by atoms with Crippen LogP contribution in [-0.4, -0.2) is 12.0 Å². The van der Waals surface area contributed by atoms with E-state index >= 15 is 0 Å². The van der Waals surface area contributed by atoms with E-state index in [0.29, 0.717) is 0 Å². The lowest BCUT2D eigenvalue weighted by molar-refractivity contribution is -0.127. The first-order valence-corrected chi connectivity index (χ1v) is 5.94. The second kappa shape index (κ2) is 5.04. The van der Waals surface area contributed by atoms with E-state index in [-0.39, 0.29) is 5.91 Å². The Morgan fingerprint density at radius 1 is 1.53 bits per heavy atom. The Balaban J connectivity index is 2.02. The third-order valence-corrected chi connectivity index (χ3v) is 2.94. The summed E-state index contributed by atoms with van der Waals surface area (Å²) in [5.74, 6) is 0.729. The van der Waals surface area contributed by atoms with Crippen molar-refractivity contribution in [3.8, 4) is 5.75 Å². The predicted octanol–water partition coefficient (Wildman–Crippen LogP) is 2.42. The zero-order chi connectivity index (χ0) is 12.3. The van der Waals surface area contributed by atoms with Crippen LogP contribution < -0.4 is 10.1 Å². The monoisotopic (exact) mass is 231 g/mol. The Hall–Kier alpha value is -1.77. The predicted molar refractivity (Wildman–Crippen MR) is 66.8 cm³/mol.